The fourth-order valence-corrected chi connectivity index (χ4v) is 3.58. The van der Waals surface area contributed by atoms with Gasteiger partial charge in [0.25, 0.3) is 0 Å². The molecule has 0 amide bonds. The fraction of sp³-hybridized carbons (Fsp3) is 0.316. The normalized spacial score (nSPS) is 13.4. The van der Waals surface area contributed by atoms with E-state index >= 15 is 0 Å². The van der Waals surface area contributed by atoms with Crippen LogP contribution in [0.5, 0.6) is 0 Å². The van der Waals surface area contributed by atoms with Crippen LogP contribution in [0.2, 0.25) is 0 Å². The molecule has 2 atom stereocenters. The molecule has 2 aromatic carbocycles. The predicted molar refractivity (Wildman–Crippen MR) is 92.7 cm³/mol. The van der Waals surface area contributed by atoms with Crippen LogP contribution in [-0.4, -0.2) is 12.2 Å². The van der Waals surface area contributed by atoms with Gasteiger partial charge in [-0.05, 0) is 23.8 Å². The van der Waals surface area contributed by atoms with E-state index in [0.29, 0.717) is 6.61 Å². The van der Waals surface area contributed by atoms with Crippen LogP contribution in [0.1, 0.15) is 29.7 Å². The quantitative estimate of drug-likeness (QED) is 0.683. The number of carbonyl (C=O) groups excluding carboxylic acids is 1. The molecule has 1 unspecified atom stereocenters. The number of benzene rings is 2. The summed E-state index contributed by atoms with van der Waals surface area (Å²) in [4.78, 5) is 12.5. The van der Waals surface area contributed by atoms with Crippen LogP contribution < -0.4 is 0 Å². The lowest BCUT2D eigenvalue weighted by atomic mass is 9.96. The van der Waals surface area contributed by atoms with E-state index < -0.39 is 0 Å². The summed E-state index contributed by atoms with van der Waals surface area (Å²) in [5.41, 5.74) is 2.20. The number of thioether (sulfide) groups is 1. The van der Waals surface area contributed by atoms with E-state index in [1.807, 2.05) is 61.7 Å². The molecule has 0 saturated carbocycles. The molecule has 0 N–H and O–H groups in total. The van der Waals surface area contributed by atoms with Crippen molar-refractivity contribution in [2.24, 2.45) is 5.92 Å². The first-order chi connectivity index (χ1) is 10.8. The zero-order valence-corrected chi connectivity index (χ0v) is 13.9. The van der Waals surface area contributed by atoms with Crippen molar-refractivity contribution in [3.05, 3.63) is 71.8 Å². The van der Waals surface area contributed by atoms with Gasteiger partial charge in [-0.1, -0.05) is 67.6 Å². The Kier molecular flexibility index (Phi) is 6.53. The zero-order chi connectivity index (χ0) is 15.8. The number of ether oxygens (including phenoxy) is 1. The van der Waals surface area contributed by atoms with Gasteiger partial charge in [-0.15, -0.1) is 0 Å². The molecule has 0 saturated heterocycles. The molecule has 3 heteroatoms. The van der Waals surface area contributed by atoms with Crippen molar-refractivity contribution in [3.63, 3.8) is 0 Å². The number of carbonyl (C=O) groups is 1. The van der Waals surface area contributed by atoms with Crippen molar-refractivity contribution in [2.45, 2.75) is 25.2 Å². The van der Waals surface area contributed by atoms with Gasteiger partial charge in [-0.25, -0.2) is 0 Å². The molecule has 0 spiro atoms. The van der Waals surface area contributed by atoms with E-state index in [0.717, 1.165) is 12.0 Å². The summed E-state index contributed by atoms with van der Waals surface area (Å²) in [7, 11) is 0. The third-order valence-corrected chi connectivity index (χ3v) is 4.82. The Bertz CT molecular complexity index is 569. The molecule has 0 radical (unpaired) electrons. The van der Waals surface area contributed by atoms with E-state index in [-0.39, 0.29) is 17.1 Å². The maximum absolute atomic E-state index is 12.5. The Morgan fingerprint density at radius 3 is 2.18 bits per heavy atom. The summed E-state index contributed by atoms with van der Waals surface area (Å²) in [6.45, 7) is 2.38. The minimum atomic E-state index is -0.124. The van der Waals surface area contributed by atoms with Gasteiger partial charge in [0.2, 0.25) is 0 Å². The SMILES string of the molecule is CCC(C(=O)OCc1ccccc1)[C@H](SC)c1ccccc1. The predicted octanol–water partition coefficient (Wildman–Crippen LogP) is 4.86. The molecule has 0 aliphatic carbocycles. The van der Waals surface area contributed by atoms with Crippen LogP contribution in [0, 0.1) is 5.92 Å². The van der Waals surface area contributed by atoms with Gasteiger partial charge in [-0.2, -0.15) is 11.8 Å². The summed E-state index contributed by atoms with van der Waals surface area (Å²) in [6, 6.07) is 20.0. The van der Waals surface area contributed by atoms with Crippen LogP contribution in [0.4, 0.5) is 0 Å². The molecule has 0 bridgehead atoms. The lowest BCUT2D eigenvalue weighted by Gasteiger charge is -2.23. The maximum atomic E-state index is 12.5. The van der Waals surface area contributed by atoms with Crippen molar-refractivity contribution in [1.82, 2.24) is 0 Å². The maximum Gasteiger partial charge on any atom is 0.310 e. The molecule has 0 aliphatic heterocycles. The highest BCUT2D eigenvalue weighted by Crippen LogP contribution is 2.36. The van der Waals surface area contributed by atoms with E-state index in [9.17, 15) is 4.79 Å². The Balaban J connectivity index is 2.04. The Morgan fingerprint density at radius 1 is 1.05 bits per heavy atom. The van der Waals surface area contributed by atoms with E-state index in [1.54, 1.807) is 11.8 Å². The van der Waals surface area contributed by atoms with E-state index in [1.165, 1.54) is 5.56 Å². The van der Waals surface area contributed by atoms with Crippen LogP contribution in [0.25, 0.3) is 0 Å². The Hall–Kier alpha value is -1.74. The van der Waals surface area contributed by atoms with Gasteiger partial charge in [0.05, 0.1) is 5.92 Å². The first-order valence-electron chi connectivity index (χ1n) is 7.54. The molecule has 0 aliphatic rings. The summed E-state index contributed by atoms with van der Waals surface area (Å²) in [6.07, 6.45) is 2.82. The number of esters is 1. The minimum absolute atomic E-state index is 0.116. The molecule has 0 aromatic heterocycles. The van der Waals surface area contributed by atoms with Gasteiger partial charge in [0.1, 0.15) is 6.61 Å². The highest BCUT2D eigenvalue weighted by atomic mass is 32.2. The van der Waals surface area contributed by atoms with Crippen molar-refractivity contribution < 1.29 is 9.53 Å². The zero-order valence-electron chi connectivity index (χ0n) is 13.1. The van der Waals surface area contributed by atoms with E-state index in [4.69, 9.17) is 4.74 Å². The topological polar surface area (TPSA) is 26.3 Å². The summed E-state index contributed by atoms with van der Waals surface area (Å²) >= 11 is 1.70. The van der Waals surface area contributed by atoms with Crippen LogP contribution in [0.15, 0.2) is 60.7 Å². The minimum Gasteiger partial charge on any atom is -0.461 e. The second-order valence-corrected chi connectivity index (χ2v) is 6.15. The second kappa shape index (κ2) is 8.64. The summed E-state index contributed by atoms with van der Waals surface area (Å²) in [5, 5.41) is 0.134. The van der Waals surface area contributed by atoms with Gasteiger partial charge in [0.15, 0.2) is 0 Å². The third kappa shape index (κ3) is 4.38. The average Bonchev–Trinajstić information content (AvgIpc) is 2.59. The second-order valence-electron chi connectivity index (χ2n) is 5.18. The average molecular weight is 314 g/mol. The van der Waals surface area contributed by atoms with Gasteiger partial charge < -0.3 is 4.74 Å². The molecule has 116 valence electrons. The largest absolute Gasteiger partial charge is 0.461 e. The number of hydrogen-bond acceptors (Lipinski definition) is 3. The van der Waals surface area contributed by atoms with Crippen molar-refractivity contribution in [2.75, 3.05) is 6.26 Å². The Morgan fingerprint density at radius 2 is 1.64 bits per heavy atom. The molecule has 0 fully saturated rings. The van der Waals surface area contributed by atoms with Crippen molar-refractivity contribution >= 4 is 17.7 Å². The first kappa shape index (κ1) is 16.6. The highest BCUT2D eigenvalue weighted by Gasteiger charge is 2.28. The van der Waals surface area contributed by atoms with Crippen molar-refractivity contribution in [3.8, 4) is 0 Å². The fourth-order valence-electron chi connectivity index (χ4n) is 2.52. The molecule has 2 aromatic rings. The standard InChI is InChI=1S/C19H22O2S/c1-3-17(18(22-2)16-12-8-5-9-13-16)19(20)21-14-15-10-6-4-7-11-15/h4-13,17-18H,3,14H2,1-2H3/t17?,18-/m1/s1. The molecular formula is C19H22O2S. The van der Waals surface area contributed by atoms with Gasteiger partial charge >= 0.3 is 5.97 Å². The highest BCUT2D eigenvalue weighted by molar-refractivity contribution is 7.98. The monoisotopic (exact) mass is 314 g/mol. The lowest BCUT2D eigenvalue weighted by Crippen LogP contribution is -2.22. The van der Waals surface area contributed by atoms with Gasteiger partial charge in [0, 0.05) is 5.25 Å². The van der Waals surface area contributed by atoms with Crippen LogP contribution >= 0.6 is 11.8 Å². The third-order valence-electron chi connectivity index (χ3n) is 3.71. The van der Waals surface area contributed by atoms with Crippen LogP contribution in [-0.2, 0) is 16.1 Å². The number of rotatable bonds is 7. The van der Waals surface area contributed by atoms with Crippen molar-refractivity contribution in [1.29, 1.82) is 0 Å². The Labute approximate surface area is 136 Å². The van der Waals surface area contributed by atoms with Crippen LogP contribution in [0.3, 0.4) is 0 Å². The first-order valence-corrected chi connectivity index (χ1v) is 8.83. The molecule has 0 heterocycles. The summed E-state index contributed by atoms with van der Waals surface area (Å²) in [5.74, 6) is -0.240. The molecule has 2 nitrogen and oxygen atoms in total. The lowest BCUT2D eigenvalue weighted by molar-refractivity contribution is -0.150. The number of hydrogen-bond donors (Lipinski definition) is 0. The molecular weight excluding hydrogens is 292 g/mol. The van der Waals surface area contributed by atoms with Gasteiger partial charge in [-0.3, -0.25) is 4.79 Å². The molecule has 2 rings (SSSR count). The molecule has 22 heavy (non-hydrogen) atoms. The smallest absolute Gasteiger partial charge is 0.310 e. The van der Waals surface area contributed by atoms with E-state index in [2.05, 4.69) is 12.1 Å². The summed E-state index contributed by atoms with van der Waals surface area (Å²) < 4.78 is 5.53.